The molecule has 8 heteroatoms. The molecule has 2 heterocycles. The van der Waals surface area contributed by atoms with Gasteiger partial charge in [0.25, 0.3) is 0 Å². The zero-order valence-electron chi connectivity index (χ0n) is 14.8. The lowest BCUT2D eigenvalue weighted by molar-refractivity contribution is -0.126. The molecular weight excluding hydrogens is 344 g/mol. The number of anilines is 1. The number of nitrogens with zero attached hydrogens (tertiary/aromatic N) is 3. The Morgan fingerprint density at radius 3 is 2.93 bits per heavy atom. The third kappa shape index (κ3) is 3.94. The van der Waals surface area contributed by atoms with Crippen LogP contribution in [0.3, 0.4) is 0 Å². The Balaban J connectivity index is 1.28. The number of benzene rings is 1. The van der Waals surface area contributed by atoms with E-state index < -0.39 is 6.04 Å². The second-order valence-corrected chi connectivity index (χ2v) is 6.81. The molecule has 2 amide bonds. The molecule has 0 aliphatic heterocycles. The highest BCUT2D eigenvalue weighted by Crippen LogP contribution is 2.48. The third-order valence-corrected chi connectivity index (χ3v) is 4.71. The Bertz CT molecular complexity index is 938. The molecule has 27 heavy (non-hydrogen) atoms. The van der Waals surface area contributed by atoms with Crippen LogP contribution >= 0.6 is 0 Å². The van der Waals surface area contributed by atoms with Crippen LogP contribution in [0.2, 0.25) is 0 Å². The number of rotatable bonds is 6. The largest absolute Gasteiger partial charge is 0.345 e. The second kappa shape index (κ2) is 7.14. The monoisotopic (exact) mass is 364 g/mol. The predicted molar refractivity (Wildman–Crippen MR) is 99.8 cm³/mol. The van der Waals surface area contributed by atoms with Gasteiger partial charge in [0, 0.05) is 24.7 Å². The third-order valence-electron chi connectivity index (χ3n) is 4.71. The van der Waals surface area contributed by atoms with Crippen LogP contribution in [0.5, 0.6) is 0 Å². The Hall–Kier alpha value is -3.29. The van der Waals surface area contributed by atoms with E-state index in [2.05, 4.69) is 30.6 Å². The highest BCUT2D eigenvalue weighted by molar-refractivity contribution is 5.96. The lowest BCUT2D eigenvalue weighted by atomic mass is 10.2. The van der Waals surface area contributed by atoms with E-state index in [1.807, 2.05) is 24.3 Å². The van der Waals surface area contributed by atoms with Crippen LogP contribution in [0.25, 0.3) is 11.0 Å². The number of hydrogen-bond acceptors (Lipinski definition) is 5. The normalized spacial score (nSPS) is 19.4. The van der Waals surface area contributed by atoms with E-state index in [9.17, 15) is 9.59 Å². The fourth-order valence-electron chi connectivity index (χ4n) is 3.16. The predicted octanol–water partition coefficient (Wildman–Crippen LogP) is 1.99. The van der Waals surface area contributed by atoms with E-state index in [0.717, 1.165) is 23.3 Å². The first-order valence-electron chi connectivity index (χ1n) is 8.91. The summed E-state index contributed by atoms with van der Waals surface area (Å²) < 4.78 is 0. The van der Waals surface area contributed by atoms with Crippen molar-refractivity contribution in [2.45, 2.75) is 31.7 Å². The molecule has 3 N–H and O–H groups in total. The zero-order chi connectivity index (χ0) is 18.8. The van der Waals surface area contributed by atoms with E-state index in [0.29, 0.717) is 12.2 Å². The Kier molecular flexibility index (Phi) is 4.53. The number of carbonyl (C=O) groups excluding carboxylic acids is 2. The molecular formula is C19H20N6O2. The Morgan fingerprint density at radius 1 is 1.30 bits per heavy atom. The van der Waals surface area contributed by atoms with Crippen LogP contribution in [0, 0.1) is 5.92 Å². The van der Waals surface area contributed by atoms with Gasteiger partial charge in [-0.25, -0.2) is 9.97 Å². The van der Waals surface area contributed by atoms with Crippen molar-refractivity contribution >= 4 is 28.7 Å². The van der Waals surface area contributed by atoms with E-state index in [1.54, 1.807) is 6.92 Å². The summed E-state index contributed by atoms with van der Waals surface area (Å²) in [4.78, 5) is 40.2. The summed E-state index contributed by atoms with van der Waals surface area (Å²) in [5, 5.41) is 5.36. The number of fused-ring (bicyclic) bond motifs is 1. The van der Waals surface area contributed by atoms with Crippen molar-refractivity contribution in [3.8, 4) is 0 Å². The van der Waals surface area contributed by atoms with Crippen molar-refractivity contribution in [3.63, 3.8) is 0 Å². The van der Waals surface area contributed by atoms with Gasteiger partial charge >= 0.3 is 0 Å². The number of carbonyl (C=O) groups is 2. The molecule has 3 atom stereocenters. The van der Waals surface area contributed by atoms with Crippen molar-refractivity contribution in [2.75, 3.05) is 5.32 Å². The van der Waals surface area contributed by atoms with Crippen LogP contribution in [-0.4, -0.2) is 37.8 Å². The summed E-state index contributed by atoms with van der Waals surface area (Å²) in [5.41, 5.74) is 1.95. The fourth-order valence-corrected chi connectivity index (χ4v) is 3.16. The van der Waals surface area contributed by atoms with Gasteiger partial charge in [0.1, 0.15) is 11.9 Å². The molecule has 0 radical (unpaired) electrons. The van der Waals surface area contributed by atoms with Gasteiger partial charge < -0.3 is 15.6 Å². The minimum atomic E-state index is -0.650. The van der Waals surface area contributed by atoms with E-state index in [-0.39, 0.29) is 23.7 Å². The van der Waals surface area contributed by atoms with Crippen molar-refractivity contribution in [1.29, 1.82) is 0 Å². The molecule has 0 unspecified atom stereocenters. The molecule has 1 fully saturated rings. The molecule has 0 bridgehead atoms. The lowest BCUT2D eigenvalue weighted by Gasteiger charge is -2.13. The zero-order valence-corrected chi connectivity index (χ0v) is 14.8. The van der Waals surface area contributed by atoms with Crippen molar-refractivity contribution < 1.29 is 9.59 Å². The number of aromatic nitrogens is 4. The van der Waals surface area contributed by atoms with Gasteiger partial charge in [0.05, 0.1) is 17.2 Å². The Labute approximate surface area is 155 Å². The quantitative estimate of drug-likeness (QED) is 0.619. The lowest BCUT2D eigenvalue weighted by Crippen LogP contribution is -2.41. The molecule has 1 aliphatic carbocycles. The topological polar surface area (TPSA) is 113 Å². The SMILES string of the molecule is C[C@@H](NC(=O)C[C@H]1C[C@H]1c1nc2ccccc2[nH]1)C(=O)Nc1cnccn1. The summed E-state index contributed by atoms with van der Waals surface area (Å²) in [7, 11) is 0. The molecule has 1 aliphatic rings. The Morgan fingerprint density at radius 2 is 2.15 bits per heavy atom. The molecule has 3 aromatic rings. The summed E-state index contributed by atoms with van der Waals surface area (Å²) in [6, 6.07) is 7.24. The molecule has 1 aromatic carbocycles. The van der Waals surface area contributed by atoms with Crippen LogP contribution < -0.4 is 10.6 Å². The maximum atomic E-state index is 12.3. The van der Waals surface area contributed by atoms with Crippen molar-refractivity contribution in [3.05, 3.63) is 48.7 Å². The van der Waals surface area contributed by atoms with Gasteiger partial charge in [-0.15, -0.1) is 0 Å². The smallest absolute Gasteiger partial charge is 0.247 e. The van der Waals surface area contributed by atoms with E-state index >= 15 is 0 Å². The standard InChI is InChI=1S/C19H20N6O2/c1-11(19(27)25-16-10-20-6-7-21-16)22-17(26)9-12-8-13(12)18-23-14-4-2-3-5-15(14)24-18/h2-7,10-13H,8-9H2,1H3,(H,22,26)(H,23,24)(H,21,25,27)/t11-,12-,13-/m1/s1. The summed E-state index contributed by atoms with van der Waals surface area (Å²) in [6.45, 7) is 1.65. The van der Waals surface area contributed by atoms with Gasteiger partial charge in [-0.1, -0.05) is 12.1 Å². The first-order chi connectivity index (χ1) is 13.1. The number of H-pyrrole nitrogens is 1. The number of hydrogen-bond donors (Lipinski definition) is 3. The average molecular weight is 364 g/mol. The van der Waals surface area contributed by atoms with Crippen LogP contribution in [0.4, 0.5) is 5.82 Å². The number of nitrogens with one attached hydrogen (secondary N) is 3. The molecule has 1 saturated carbocycles. The first kappa shape index (κ1) is 17.1. The summed E-state index contributed by atoms with van der Waals surface area (Å²) in [6.07, 6.45) is 5.77. The number of aromatic amines is 1. The van der Waals surface area contributed by atoms with Gasteiger partial charge in [-0.3, -0.25) is 14.6 Å². The molecule has 0 spiro atoms. The fraction of sp³-hybridized carbons (Fsp3) is 0.316. The molecule has 138 valence electrons. The molecule has 8 nitrogen and oxygen atoms in total. The number of imidazole rings is 1. The van der Waals surface area contributed by atoms with E-state index in [1.165, 1.54) is 18.6 Å². The minimum Gasteiger partial charge on any atom is -0.345 e. The minimum absolute atomic E-state index is 0.139. The highest BCUT2D eigenvalue weighted by Gasteiger charge is 2.42. The maximum absolute atomic E-state index is 12.3. The van der Waals surface area contributed by atoms with Gasteiger partial charge in [-0.2, -0.15) is 0 Å². The van der Waals surface area contributed by atoms with E-state index in [4.69, 9.17) is 0 Å². The van der Waals surface area contributed by atoms with Crippen LogP contribution in [-0.2, 0) is 9.59 Å². The van der Waals surface area contributed by atoms with Crippen molar-refractivity contribution in [2.24, 2.45) is 5.92 Å². The van der Waals surface area contributed by atoms with Crippen LogP contribution in [0.15, 0.2) is 42.9 Å². The number of para-hydroxylation sites is 2. The van der Waals surface area contributed by atoms with Crippen molar-refractivity contribution in [1.82, 2.24) is 25.3 Å². The van der Waals surface area contributed by atoms with Gasteiger partial charge in [-0.05, 0) is 31.4 Å². The molecule has 2 aromatic heterocycles. The average Bonchev–Trinajstić information content (AvgIpc) is 3.28. The van der Waals surface area contributed by atoms with Gasteiger partial charge in [0.2, 0.25) is 11.8 Å². The summed E-state index contributed by atoms with van der Waals surface area (Å²) in [5.74, 6) is 1.35. The van der Waals surface area contributed by atoms with Gasteiger partial charge in [0.15, 0.2) is 5.82 Å². The maximum Gasteiger partial charge on any atom is 0.247 e. The number of amides is 2. The second-order valence-electron chi connectivity index (χ2n) is 6.81. The summed E-state index contributed by atoms with van der Waals surface area (Å²) >= 11 is 0. The van der Waals surface area contributed by atoms with Crippen LogP contribution in [0.1, 0.15) is 31.5 Å². The molecule has 0 saturated heterocycles. The highest BCUT2D eigenvalue weighted by atomic mass is 16.2. The first-order valence-corrected chi connectivity index (χ1v) is 8.91. The molecule has 4 rings (SSSR count).